The molecule has 1 aromatic carbocycles. The molecule has 0 saturated carbocycles. The standard InChI is InChI=1S/C18H20N2O3/c1-2-15-14(13-5-3-4-6-16(13)23-15)7-8-17(21)20-10-9-12(11-20)18(19)22/h3-8,12H,2,9-11H2,1H3,(H2,19,22)/b8-7+. The number of furan rings is 1. The number of rotatable bonds is 4. The number of nitrogens with zero attached hydrogens (tertiary/aromatic N) is 1. The number of fused-ring (bicyclic) bond motifs is 1. The molecule has 2 amide bonds. The lowest BCUT2D eigenvalue weighted by molar-refractivity contribution is -0.125. The Labute approximate surface area is 134 Å². The largest absolute Gasteiger partial charge is 0.460 e. The van der Waals surface area contributed by atoms with Crippen molar-refractivity contribution in [3.05, 3.63) is 41.7 Å². The second-order valence-corrected chi connectivity index (χ2v) is 5.79. The van der Waals surface area contributed by atoms with Crippen molar-refractivity contribution in [2.45, 2.75) is 19.8 Å². The van der Waals surface area contributed by atoms with Crippen molar-refractivity contribution in [1.82, 2.24) is 4.90 Å². The molecule has 0 spiro atoms. The van der Waals surface area contributed by atoms with E-state index in [1.807, 2.05) is 37.3 Å². The third-order valence-electron chi connectivity index (χ3n) is 4.33. The first-order chi connectivity index (χ1) is 11.1. The van der Waals surface area contributed by atoms with Crippen molar-refractivity contribution in [2.75, 3.05) is 13.1 Å². The van der Waals surface area contributed by atoms with E-state index in [9.17, 15) is 9.59 Å². The van der Waals surface area contributed by atoms with Crippen molar-refractivity contribution in [3.8, 4) is 0 Å². The van der Waals surface area contributed by atoms with Gasteiger partial charge in [-0.2, -0.15) is 0 Å². The van der Waals surface area contributed by atoms with Crippen molar-refractivity contribution in [2.24, 2.45) is 11.7 Å². The van der Waals surface area contributed by atoms with Crippen LogP contribution < -0.4 is 5.73 Å². The van der Waals surface area contributed by atoms with E-state index in [0.29, 0.717) is 19.5 Å². The highest BCUT2D eigenvalue weighted by molar-refractivity contribution is 5.96. The van der Waals surface area contributed by atoms with Crippen LogP contribution in [0.15, 0.2) is 34.8 Å². The van der Waals surface area contributed by atoms with Gasteiger partial charge in [0.05, 0.1) is 5.92 Å². The Morgan fingerprint density at radius 3 is 2.87 bits per heavy atom. The van der Waals surface area contributed by atoms with E-state index in [1.54, 1.807) is 11.0 Å². The zero-order valence-electron chi connectivity index (χ0n) is 13.1. The van der Waals surface area contributed by atoms with E-state index in [1.165, 1.54) is 0 Å². The van der Waals surface area contributed by atoms with Crippen LogP contribution in [0.2, 0.25) is 0 Å². The summed E-state index contributed by atoms with van der Waals surface area (Å²) >= 11 is 0. The Hall–Kier alpha value is -2.56. The summed E-state index contributed by atoms with van der Waals surface area (Å²) in [6.45, 7) is 3.00. The molecule has 1 aromatic heterocycles. The van der Waals surface area contributed by atoms with Gasteiger partial charge in [0.2, 0.25) is 11.8 Å². The minimum atomic E-state index is -0.335. The molecule has 1 saturated heterocycles. The molecule has 0 radical (unpaired) electrons. The summed E-state index contributed by atoms with van der Waals surface area (Å²) in [4.78, 5) is 25.2. The van der Waals surface area contributed by atoms with Crippen LogP contribution in [0.25, 0.3) is 17.0 Å². The molecule has 3 rings (SSSR count). The van der Waals surface area contributed by atoms with Gasteiger partial charge in [0.25, 0.3) is 0 Å². The van der Waals surface area contributed by atoms with E-state index in [2.05, 4.69) is 0 Å². The summed E-state index contributed by atoms with van der Waals surface area (Å²) < 4.78 is 5.82. The molecule has 1 aliphatic heterocycles. The average molecular weight is 312 g/mol. The molecule has 0 aliphatic carbocycles. The molecule has 2 aromatic rings. The number of hydrogen-bond donors (Lipinski definition) is 1. The molecule has 1 aliphatic rings. The van der Waals surface area contributed by atoms with Crippen LogP contribution in [-0.4, -0.2) is 29.8 Å². The molecule has 120 valence electrons. The smallest absolute Gasteiger partial charge is 0.246 e. The van der Waals surface area contributed by atoms with Gasteiger partial charge in [-0.25, -0.2) is 0 Å². The van der Waals surface area contributed by atoms with Crippen LogP contribution in [0.4, 0.5) is 0 Å². The van der Waals surface area contributed by atoms with Gasteiger partial charge in [0.15, 0.2) is 0 Å². The SMILES string of the molecule is CCc1oc2ccccc2c1/C=C/C(=O)N1CCC(C(N)=O)C1. The van der Waals surface area contributed by atoms with Crippen molar-refractivity contribution < 1.29 is 14.0 Å². The maximum Gasteiger partial charge on any atom is 0.246 e. The Balaban J connectivity index is 1.80. The van der Waals surface area contributed by atoms with Crippen molar-refractivity contribution in [1.29, 1.82) is 0 Å². The lowest BCUT2D eigenvalue weighted by Crippen LogP contribution is -2.30. The van der Waals surface area contributed by atoms with Gasteiger partial charge in [-0.15, -0.1) is 0 Å². The van der Waals surface area contributed by atoms with E-state index in [-0.39, 0.29) is 17.7 Å². The molecule has 23 heavy (non-hydrogen) atoms. The van der Waals surface area contributed by atoms with Crippen LogP contribution in [0, 0.1) is 5.92 Å². The molecule has 2 heterocycles. The highest BCUT2D eigenvalue weighted by Crippen LogP contribution is 2.27. The van der Waals surface area contributed by atoms with Crippen LogP contribution in [-0.2, 0) is 16.0 Å². The first-order valence-corrected chi connectivity index (χ1v) is 7.87. The molecule has 2 N–H and O–H groups in total. The van der Waals surface area contributed by atoms with E-state index in [4.69, 9.17) is 10.2 Å². The summed E-state index contributed by atoms with van der Waals surface area (Å²) in [7, 11) is 0. The number of amides is 2. The van der Waals surface area contributed by atoms with Gasteiger partial charge in [-0.3, -0.25) is 9.59 Å². The monoisotopic (exact) mass is 312 g/mol. The summed E-state index contributed by atoms with van der Waals surface area (Å²) in [5.74, 6) is 0.208. The lowest BCUT2D eigenvalue weighted by atomic mass is 10.1. The van der Waals surface area contributed by atoms with Crippen LogP contribution >= 0.6 is 0 Å². The second kappa shape index (κ2) is 6.28. The number of likely N-dealkylation sites (tertiary alicyclic amines) is 1. The first-order valence-electron chi connectivity index (χ1n) is 7.87. The second-order valence-electron chi connectivity index (χ2n) is 5.79. The summed E-state index contributed by atoms with van der Waals surface area (Å²) in [6.07, 6.45) is 4.77. The van der Waals surface area contributed by atoms with Crippen LogP contribution in [0.3, 0.4) is 0 Å². The molecular weight excluding hydrogens is 292 g/mol. The van der Waals surface area contributed by atoms with Crippen LogP contribution in [0.1, 0.15) is 24.7 Å². The highest BCUT2D eigenvalue weighted by atomic mass is 16.3. The van der Waals surface area contributed by atoms with Gasteiger partial charge < -0.3 is 15.1 Å². The Kier molecular flexibility index (Phi) is 4.19. The van der Waals surface area contributed by atoms with Crippen molar-refractivity contribution in [3.63, 3.8) is 0 Å². The third-order valence-corrected chi connectivity index (χ3v) is 4.33. The fraction of sp³-hybridized carbons (Fsp3) is 0.333. The summed E-state index contributed by atoms with van der Waals surface area (Å²) in [6, 6.07) is 7.79. The molecule has 1 fully saturated rings. The topological polar surface area (TPSA) is 76.5 Å². The summed E-state index contributed by atoms with van der Waals surface area (Å²) in [5, 5.41) is 1.00. The maximum atomic E-state index is 12.3. The Bertz CT molecular complexity index is 776. The van der Waals surface area contributed by atoms with Gasteiger partial charge in [-0.05, 0) is 18.6 Å². The fourth-order valence-electron chi connectivity index (χ4n) is 3.01. The number of carbonyl (C=O) groups excluding carboxylic acids is 2. The quantitative estimate of drug-likeness (QED) is 0.880. The molecule has 0 bridgehead atoms. The molecule has 5 nitrogen and oxygen atoms in total. The molecule has 5 heteroatoms. The van der Waals surface area contributed by atoms with Gasteiger partial charge >= 0.3 is 0 Å². The Morgan fingerprint density at radius 1 is 1.39 bits per heavy atom. The number of nitrogens with two attached hydrogens (primary N) is 1. The van der Waals surface area contributed by atoms with Gasteiger partial charge in [0, 0.05) is 36.5 Å². The zero-order valence-corrected chi connectivity index (χ0v) is 13.1. The number of hydrogen-bond acceptors (Lipinski definition) is 3. The van der Waals surface area contributed by atoms with E-state index >= 15 is 0 Å². The molecule has 1 unspecified atom stereocenters. The third kappa shape index (κ3) is 2.99. The normalized spacial score (nSPS) is 18.1. The fourth-order valence-corrected chi connectivity index (χ4v) is 3.01. The zero-order chi connectivity index (χ0) is 16.4. The average Bonchev–Trinajstić information content (AvgIpc) is 3.17. The number of aryl methyl sites for hydroxylation is 1. The van der Waals surface area contributed by atoms with Crippen molar-refractivity contribution >= 4 is 28.9 Å². The van der Waals surface area contributed by atoms with Gasteiger partial charge in [-0.1, -0.05) is 25.1 Å². The van der Waals surface area contributed by atoms with Gasteiger partial charge in [0.1, 0.15) is 11.3 Å². The highest BCUT2D eigenvalue weighted by Gasteiger charge is 2.28. The minimum Gasteiger partial charge on any atom is -0.460 e. The number of carbonyl (C=O) groups is 2. The predicted molar refractivity (Wildman–Crippen MR) is 88.5 cm³/mol. The first kappa shape index (κ1) is 15.3. The molecule has 1 atom stereocenters. The Morgan fingerprint density at radius 2 is 2.17 bits per heavy atom. The maximum absolute atomic E-state index is 12.3. The van der Waals surface area contributed by atoms with Crippen LogP contribution in [0.5, 0.6) is 0 Å². The number of primary amides is 1. The minimum absolute atomic E-state index is 0.0962. The molecular formula is C18H20N2O3. The predicted octanol–water partition coefficient (Wildman–Crippen LogP) is 2.34. The number of para-hydroxylation sites is 1. The van der Waals surface area contributed by atoms with E-state index in [0.717, 1.165) is 28.7 Å². The van der Waals surface area contributed by atoms with E-state index < -0.39 is 0 Å². The lowest BCUT2D eigenvalue weighted by Gasteiger charge is -2.13. The number of benzene rings is 1. The summed E-state index contributed by atoms with van der Waals surface area (Å²) in [5.41, 5.74) is 7.08.